The Balaban J connectivity index is 3.37. The summed E-state index contributed by atoms with van der Waals surface area (Å²) in [7, 11) is 1.04. The zero-order chi connectivity index (χ0) is 16.2. The van der Waals surface area contributed by atoms with Crippen molar-refractivity contribution in [2.24, 2.45) is 0 Å². The SMILES string of the molecule is COC(=O)Cc1c(CBr)cc(C(F)F)nc1OC(F)(F)F. The molecule has 0 aliphatic rings. The third-order valence-corrected chi connectivity index (χ3v) is 2.93. The largest absolute Gasteiger partial charge is 0.574 e. The Morgan fingerprint density at radius 2 is 2.05 bits per heavy atom. The number of aromatic nitrogens is 1. The van der Waals surface area contributed by atoms with Crippen LogP contribution in [0.1, 0.15) is 23.2 Å². The summed E-state index contributed by atoms with van der Waals surface area (Å²) in [6, 6.07) is 0.904. The smallest absolute Gasteiger partial charge is 0.469 e. The van der Waals surface area contributed by atoms with E-state index in [2.05, 4.69) is 30.4 Å². The number of nitrogens with zero attached hydrogens (tertiary/aromatic N) is 1. The summed E-state index contributed by atoms with van der Waals surface area (Å²) in [5, 5.41) is -0.0597. The van der Waals surface area contributed by atoms with E-state index in [1.165, 1.54) is 0 Å². The molecule has 1 aromatic rings. The molecule has 0 atom stereocenters. The second-order valence-corrected chi connectivity index (χ2v) is 4.29. The van der Waals surface area contributed by atoms with Gasteiger partial charge in [0.15, 0.2) is 0 Å². The first-order valence-electron chi connectivity index (χ1n) is 5.37. The van der Waals surface area contributed by atoms with Crippen molar-refractivity contribution in [3.63, 3.8) is 0 Å². The topological polar surface area (TPSA) is 48.4 Å². The number of esters is 1. The van der Waals surface area contributed by atoms with E-state index in [0.29, 0.717) is 0 Å². The van der Waals surface area contributed by atoms with Gasteiger partial charge in [0.1, 0.15) is 5.69 Å². The molecule has 118 valence electrons. The molecular weight excluding hydrogens is 369 g/mol. The number of alkyl halides is 6. The lowest BCUT2D eigenvalue weighted by Gasteiger charge is -2.16. The first-order valence-corrected chi connectivity index (χ1v) is 6.49. The number of carbonyl (C=O) groups is 1. The van der Waals surface area contributed by atoms with Gasteiger partial charge in [-0.1, -0.05) is 15.9 Å². The first-order chi connectivity index (χ1) is 9.67. The third-order valence-electron chi connectivity index (χ3n) is 2.33. The molecule has 0 saturated heterocycles. The van der Waals surface area contributed by atoms with E-state index in [1.54, 1.807) is 0 Å². The van der Waals surface area contributed by atoms with Gasteiger partial charge in [0.25, 0.3) is 6.43 Å². The van der Waals surface area contributed by atoms with Gasteiger partial charge in [-0.25, -0.2) is 13.8 Å². The van der Waals surface area contributed by atoms with Crippen LogP contribution in [0.3, 0.4) is 0 Å². The number of hydrogen-bond acceptors (Lipinski definition) is 4. The molecule has 0 bridgehead atoms. The number of methoxy groups -OCH3 is 1. The van der Waals surface area contributed by atoms with Crippen LogP contribution < -0.4 is 4.74 Å². The summed E-state index contributed by atoms with van der Waals surface area (Å²) in [6.07, 6.45) is -8.78. The predicted octanol–water partition coefficient (Wildman–Crippen LogP) is 3.53. The van der Waals surface area contributed by atoms with Crippen LogP contribution in [-0.2, 0) is 21.3 Å². The molecule has 4 nitrogen and oxygen atoms in total. The summed E-state index contributed by atoms with van der Waals surface area (Å²) in [6.45, 7) is 0. The highest BCUT2D eigenvalue weighted by Gasteiger charge is 2.34. The quantitative estimate of drug-likeness (QED) is 0.447. The summed E-state index contributed by atoms with van der Waals surface area (Å²) >= 11 is 2.96. The van der Waals surface area contributed by atoms with Gasteiger partial charge in [-0.05, 0) is 11.6 Å². The average Bonchev–Trinajstić information content (AvgIpc) is 2.38. The van der Waals surface area contributed by atoms with Gasteiger partial charge in [0.05, 0.1) is 13.5 Å². The highest BCUT2D eigenvalue weighted by Crippen LogP contribution is 2.32. The number of rotatable bonds is 5. The van der Waals surface area contributed by atoms with Crippen LogP contribution in [0.5, 0.6) is 5.88 Å². The van der Waals surface area contributed by atoms with Gasteiger partial charge in [0.2, 0.25) is 5.88 Å². The van der Waals surface area contributed by atoms with Crippen molar-refractivity contribution < 1.29 is 36.2 Å². The third kappa shape index (κ3) is 5.10. The van der Waals surface area contributed by atoms with E-state index in [0.717, 1.165) is 13.2 Å². The molecule has 1 aromatic heterocycles. The minimum Gasteiger partial charge on any atom is -0.469 e. The maximum Gasteiger partial charge on any atom is 0.574 e. The standard InChI is InChI=1S/C11H9BrF5NO3/c1-20-8(19)3-6-5(4-12)2-7(9(13)14)18-10(6)21-11(15,16)17/h2,9H,3-4H2,1H3. The molecule has 0 amide bonds. The molecule has 0 N–H and O–H groups in total. The number of pyridine rings is 1. The average molecular weight is 378 g/mol. The fourth-order valence-electron chi connectivity index (χ4n) is 1.45. The van der Waals surface area contributed by atoms with E-state index in [1.807, 2.05) is 0 Å². The summed E-state index contributed by atoms with van der Waals surface area (Å²) in [5.41, 5.74) is -1.11. The zero-order valence-electron chi connectivity index (χ0n) is 10.5. The highest BCUT2D eigenvalue weighted by molar-refractivity contribution is 9.08. The molecular formula is C11H9BrF5NO3. The van der Waals surface area contributed by atoms with Gasteiger partial charge < -0.3 is 9.47 Å². The fraction of sp³-hybridized carbons (Fsp3) is 0.455. The van der Waals surface area contributed by atoms with E-state index >= 15 is 0 Å². The number of carbonyl (C=O) groups excluding carboxylic acids is 1. The Labute approximate surface area is 124 Å². The van der Waals surface area contributed by atoms with Crippen LogP contribution in [0.4, 0.5) is 22.0 Å². The molecule has 1 rings (SSSR count). The van der Waals surface area contributed by atoms with Crippen molar-refractivity contribution in [3.8, 4) is 5.88 Å². The van der Waals surface area contributed by atoms with Crippen LogP contribution in [0, 0.1) is 0 Å². The van der Waals surface area contributed by atoms with Gasteiger partial charge in [-0.15, -0.1) is 13.2 Å². The Morgan fingerprint density at radius 1 is 1.43 bits per heavy atom. The van der Waals surface area contributed by atoms with Crippen molar-refractivity contribution in [1.82, 2.24) is 4.98 Å². The lowest BCUT2D eigenvalue weighted by Crippen LogP contribution is -2.21. The molecule has 0 radical (unpaired) electrons. The summed E-state index contributed by atoms with van der Waals surface area (Å²) < 4.78 is 70.3. The van der Waals surface area contributed by atoms with Crippen LogP contribution in [0.15, 0.2) is 6.07 Å². The summed E-state index contributed by atoms with van der Waals surface area (Å²) in [5.74, 6) is -1.93. The maximum atomic E-state index is 12.7. The van der Waals surface area contributed by atoms with Crippen molar-refractivity contribution in [2.75, 3.05) is 7.11 Å². The Morgan fingerprint density at radius 3 is 2.48 bits per heavy atom. The number of hydrogen-bond donors (Lipinski definition) is 0. The fourth-order valence-corrected chi connectivity index (χ4v) is 1.95. The van der Waals surface area contributed by atoms with Gasteiger partial charge in [-0.2, -0.15) is 0 Å². The molecule has 0 aliphatic carbocycles. The lowest BCUT2D eigenvalue weighted by atomic mass is 10.1. The molecule has 0 fully saturated rings. The first kappa shape index (κ1) is 17.6. The van der Waals surface area contributed by atoms with Crippen LogP contribution in [0.2, 0.25) is 0 Å². The number of ether oxygens (including phenoxy) is 2. The molecule has 0 aliphatic heterocycles. The van der Waals surface area contributed by atoms with Crippen LogP contribution in [-0.4, -0.2) is 24.4 Å². The van der Waals surface area contributed by atoms with Crippen LogP contribution in [0.25, 0.3) is 0 Å². The lowest BCUT2D eigenvalue weighted by molar-refractivity contribution is -0.276. The molecule has 0 spiro atoms. The minimum absolute atomic E-state index is 0.0324. The Hall–Kier alpha value is -1.45. The number of halogens is 6. The second kappa shape index (κ2) is 7.01. The van der Waals surface area contributed by atoms with E-state index < -0.39 is 36.8 Å². The maximum absolute atomic E-state index is 12.7. The molecule has 21 heavy (non-hydrogen) atoms. The Kier molecular flexibility index (Phi) is 5.87. The van der Waals surface area contributed by atoms with Gasteiger partial charge in [0, 0.05) is 10.9 Å². The van der Waals surface area contributed by atoms with Gasteiger partial charge in [-0.3, -0.25) is 4.79 Å². The molecule has 10 heteroatoms. The van der Waals surface area contributed by atoms with Crippen molar-refractivity contribution in [1.29, 1.82) is 0 Å². The van der Waals surface area contributed by atoms with Crippen LogP contribution >= 0.6 is 15.9 Å². The van der Waals surface area contributed by atoms with Crippen molar-refractivity contribution in [3.05, 3.63) is 22.9 Å². The molecule has 0 aromatic carbocycles. The zero-order valence-corrected chi connectivity index (χ0v) is 12.1. The normalized spacial score (nSPS) is 11.6. The highest BCUT2D eigenvalue weighted by atomic mass is 79.9. The van der Waals surface area contributed by atoms with E-state index in [4.69, 9.17) is 0 Å². The molecule has 0 saturated carbocycles. The monoisotopic (exact) mass is 377 g/mol. The van der Waals surface area contributed by atoms with E-state index in [-0.39, 0.29) is 16.5 Å². The van der Waals surface area contributed by atoms with Crippen molar-refractivity contribution in [2.45, 2.75) is 24.5 Å². The second-order valence-electron chi connectivity index (χ2n) is 3.72. The van der Waals surface area contributed by atoms with E-state index in [9.17, 15) is 26.7 Å². The molecule has 1 heterocycles. The van der Waals surface area contributed by atoms with Crippen molar-refractivity contribution >= 4 is 21.9 Å². The summed E-state index contributed by atoms with van der Waals surface area (Å²) in [4.78, 5) is 14.4. The van der Waals surface area contributed by atoms with Gasteiger partial charge >= 0.3 is 12.3 Å². The predicted molar refractivity (Wildman–Crippen MR) is 64.2 cm³/mol. The Bertz CT molecular complexity index is 521. The molecule has 0 unspecified atom stereocenters. The minimum atomic E-state index is -5.12.